The van der Waals surface area contributed by atoms with Gasteiger partial charge in [0.25, 0.3) is 0 Å². The molecular formula is C16H29NO3SSi. The number of hydrogen-bond acceptors (Lipinski definition) is 3. The highest BCUT2D eigenvalue weighted by Crippen LogP contribution is 2.36. The highest BCUT2D eigenvalue weighted by molar-refractivity contribution is 7.92. The maximum absolute atomic E-state index is 11.5. The molecular weight excluding hydrogens is 314 g/mol. The molecule has 0 aliphatic heterocycles. The van der Waals surface area contributed by atoms with Crippen molar-refractivity contribution in [2.24, 2.45) is 0 Å². The van der Waals surface area contributed by atoms with Crippen LogP contribution in [0.25, 0.3) is 0 Å². The van der Waals surface area contributed by atoms with Crippen LogP contribution in [0.15, 0.2) is 24.3 Å². The number of sulfonamides is 1. The quantitative estimate of drug-likeness (QED) is 0.741. The van der Waals surface area contributed by atoms with Gasteiger partial charge in [-0.25, -0.2) is 8.42 Å². The molecule has 0 aromatic heterocycles. The minimum Gasteiger partial charge on any atom is -0.416 e. The molecule has 0 unspecified atom stereocenters. The van der Waals surface area contributed by atoms with Gasteiger partial charge < -0.3 is 4.43 Å². The Bertz CT molecular complexity index is 589. The van der Waals surface area contributed by atoms with E-state index in [2.05, 4.69) is 33.9 Å². The number of benzene rings is 1. The molecule has 1 aromatic rings. The van der Waals surface area contributed by atoms with E-state index in [0.29, 0.717) is 12.3 Å². The van der Waals surface area contributed by atoms with E-state index in [1.165, 1.54) is 10.6 Å². The van der Waals surface area contributed by atoms with Crippen molar-refractivity contribution >= 4 is 24.0 Å². The minimum absolute atomic E-state index is 0.217. The highest BCUT2D eigenvalue weighted by Gasteiger charge is 2.36. The molecule has 0 heterocycles. The molecule has 0 radical (unpaired) electrons. The summed E-state index contributed by atoms with van der Waals surface area (Å²) < 4.78 is 30.5. The zero-order valence-corrected chi connectivity index (χ0v) is 16.6. The van der Waals surface area contributed by atoms with Crippen molar-refractivity contribution < 1.29 is 12.8 Å². The van der Waals surface area contributed by atoms with E-state index in [9.17, 15) is 8.42 Å². The molecule has 0 saturated heterocycles. The molecule has 0 bridgehead atoms. The van der Waals surface area contributed by atoms with Crippen LogP contribution < -0.4 is 4.31 Å². The predicted octanol–water partition coefficient (Wildman–Crippen LogP) is 3.65. The second-order valence-electron chi connectivity index (χ2n) is 7.26. The fraction of sp³-hybridized carbons (Fsp3) is 0.625. The van der Waals surface area contributed by atoms with Gasteiger partial charge >= 0.3 is 0 Å². The molecule has 6 heteroatoms. The van der Waals surface area contributed by atoms with Crippen LogP contribution in [0.3, 0.4) is 0 Å². The number of nitrogens with zero attached hydrogens (tertiary/aromatic N) is 1. The second kappa shape index (κ2) is 6.72. The second-order valence-corrected chi connectivity index (χ2v) is 14.1. The minimum atomic E-state index is -3.21. The smallest absolute Gasteiger partial charge is 0.231 e. The molecule has 1 aromatic carbocycles. The van der Waals surface area contributed by atoms with Gasteiger partial charge in [-0.2, -0.15) is 0 Å². The predicted molar refractivity (Wildman–Crippen MR) is 96.5 cm³/mol. The summed E-state index contributed by atoms with van der Waals surface area (Å²) in [7, 11) is -3.35. The van der Waals surface area contributed by atoms with Crippen LogP contribution in [0.4, 0.5) is 5.69 Å². The number of anilines is 1. The van der Waals surface area contributed by atoms with Crippen molar-refractivity contribution in [3.63, 3.8) is 0 Å². The lowest BCUT2D eigenvalue weighted by molar-refractivity contribution is 0.292. The van der Waals surface area contributed by atoms with Gasteiger partial charge in [0.2, 0.25) is 10.0 Å². The Morgan fingerprint density at radius 3 is 2.05 bits per heavy atom. The fourth-order valence-corrected chi connectivity index (χ4v) is 3.25. The van der Waals surface area contributed by atoms with Gasteiger partial charge in [0.05, 0.1) is 11.9 Å². The lowest BCUT2D eigenvalue weighted by Crippen LogP contribution is -2.41. The maximum Gasteiger partial charge on any atom is 0.231 e. The van der Waals surface area contributed by atoms with Crippen LogP contribution in [0.2, 0.25) is 18.1 Å². The van der Waals surface area contributed by atoms with Gasteiger partial charge in [0.15, 0.2) is 8.32 Å². The van der Waals surface area contributed by atoms with Gasteiger partial charge in [0.1, 0.15) is 0 Å². The summed E-state index contributed by atoms with van der Waals surface area (Å²) in [5.74, 6) is 0. The Morgan fingerprint density at radius 1 is 1.14 bits per heavy atom. The van der Waals surface area contributed by atoms with Crippen molar-refractivity contribution in [3.05, 3.63) is 29.8 Å². The maximum atomic E-state index is 11.5. The van der Waals surface area contributed by atoms with Crippen LogP contribution in [0.5, 0.6) is 0 Å². The van der Waals surface area contributed by atoms with E-state index >= 15 is 0 Å². The van der Waals surface area contributed by atoms with Crippen molar-refractivity contribution in [2.45, 2.75) is 45.3 Å². The molecule has 22 heavy (non-hydrogen) atoms. The first-order valence-electron chi connectivity index (χ1n) is 7.51. The summed E-state index contributed by atoms with van der Waals surface area (Å²) in [6.07, 6.45) is 2.04. The first kappa shape index (κ1) is 19.2. The molecule has 0 fully saturated rings. The topological polar surface area (TPSA) is 46.6 Å². The zero-order chi connectivity index (χ0) is 17.2. The average molecular weight is 344 g/mol. The molecule has 0 aliphatic carbocycles. The first-order chi connectivity index (χ1) is 9.84. The lowest BCUT2D eigenvalue weighted by atomic mass is 10.1. The van der Waals surface area contributed by atoms with E-state index in [0.717, 1.165) is 12.0 Å². The van der Waals surface area contributed by atoms with Gasteiger partial charge in [-0.15, -0.1) is 0 Å². The standard InChI is InChI=1S/C16H29NO3SSi/c1-16(2,3)22(6,7)20-13-12-14-8-10-15(11-9-14)17(4)21(5,18)19/h8-11H,12-13H2,1-7H3. The third kappa shape index (κ3) is 5.10. The third-order valence-corrected chi connectivity index (χ3v) is 10.2. The van der Waals surface area contributed by atoms with Gasteiger partial charge in [0, 0.05) is 13.7 Å². The largest absolute Gasteiger partial charge is 0.416 e. The van der Waals surface area contributed by atoms with Gasteiger partial charge in [-0.3, -0.25) is 4.31 Å². The van der Waals surface area contributed by atoms with E-state index in [1.807, 2.05) is 24.3 Å². The Hall–Kier alpha value is -0.853. The SMILES string of the molecule is CN(c1ccc(CCO[Si](C)(C)C(C)(C)C)cc1)S(C)(=O)=O. The van der Waals surface area contributed by atoms with Crippen LogP contribution in [0, 0.1) is 0 Å². The Balaban J connectivity index is 2.63. The summed E-state index contributed by atoms with van der Waals surface area (Å²) in [5.41, 5.74) is 1.83. The molecule has 0 spiro atoms. The van der Waals surface area contributed by atoms with Crippen molar-refractivity contribution in [2.75, 3.05) is 24.2 Å². The normalized spacial score (nSPS) is 13.2. The molecule has 0 N–H and O–H groups in total. The number of hydrogen-bond donors (Lipinski definition) is 0. The summed E-state index contributed by atoms with van der Waals surface area (Å²) in [5, 5.41) is 0.217. The van der Waals surface area contributed by atoms with Crippen molar-refractivity contribution in [3.8, 4) is 0 Å². The average Bonchev–Trinajstić information content (AvgIpc) is 2.36. The summed E-state index contributed by atoms with van der Waals surface area (Å²) in [6, 6.07) is 7.60. The number of rotatable bonds is 6. The Kier molecular flexibility index (Phi) is 5.86. The molecule has 0 amide bonds. The fourth-order valence-electron chi connectivity index (χ4n) is 1.70. The molecule has 0 saturated carbocycles. The molecule has 1 rings (SSSR count). The lowest BCUT2D eigenvalue weighted by Gasteiger charge is -2.36. The van der Waals surface area contributed by atoms with Crippen LogP contribution >= 0.6 is 0 Å². The van der Waals surface area contributed by atoms with Gasteiger partial charge in [-0.1, -0.05) is 32.9 Å². The third-order valence-electron chi connectivity index (χ3n) is 4.46. The summed E-state index contributed by atoms with van der Waals surface area (Å²) >= 11 is 0. The Labute approximate surface area is 136 Å². The van der Waals surface area contributed by atoms with Gasteiger partial charge in [-0.05, 0) is 42.2 Å². The van der Waals surface area contributed by atoms with Crippen molar-refractivity contribution in [1.29, 1.82) is 0 Å². The molecule has 0 aliphatic rings. The monoisotopic (exact) mass is 343 g/mol. The Morgan fingerprint density at radius 2 is 1.64 bits per heavy atom. The van der Waals surface area contributed by atoms with Crippen molar-refractivity contribution in [1.82, 2.24) is 0 Å². The van der Waals surface area contributed by atoms with E-state index in [4.69, 9.17) is 4.43 Å². The first-order valence-corrected chi connectivity index (χ1v) is 12.3. The molecule has 126 valence electrons. The summed E-state index contributed by atoms with van der Waals surface area (Å²) in [6.45, 7) is 11.9. The molecule has 4 nitrogen and oxygen atoms in total. The van der Waals surface area contributed by atoms with Crippen LogP contribution in [-0.2, 0) is 20.9 Å². The van der Waals surface area contributed by atoms with Crippen LogP contribution in [-0.4, -0.2) is 36.6 Å². The summed E-state index contributed by atoms with van der Waals surface area (Å²) in [4.78, 5) is 0. The molecule has 0 atom stereocenters. The van der Waals surface area contributed by atoms with E-state index in [1.54, 1.807) is 7.05 Å². The van der Waals surface area contributed by atoms with E-state index in [-0.39, 0.29) is 5.04 Å². The zero-order valence-electron chi connectivity index (χ0n) is 14.8. The highest BCUT2D eigenvalue weighted by atomic mass is 32.2. The van der Waals surface area contributed by atoms with E-state index < -0.39 is 18.3 Å². The van der Waals surface area contributed by atoms with Crippen LogP contribution in [0.1, 0.15) is 26.3 Å².